The molecular weight excluding hydrogens is 347 g/mol. The molecule has 23 heavy (non-hydrogen) atoms. The van der Waals surface area contributed by atoms with E-state index in [1.54, 1.807) is 0 Å². The van der Waals surface area contributed by atoms with Gasteiger partial charge in [-0.3, -0.25) is 0 Å². The van der Waals surface area contributed by atoms with Gasteiger partial charge in [0.1, 0.15) is 0 Å². The van der Waals surface area contributed by atoms with E-state index in [-0.39, 0.29) is 25.0 Å². The molecule has 2 aromatic rings. The molecule has 0 nitrogen and oxygen atoms in total. The molecule has 2 heteroatoms. The average Bonchev–Trinajstić information content (AvgIpc) is 2.53. The Hall–Kier alpha value is -1.13. The predicted octanol–water partition coefficient (Wildman–Crippen LogP) is 5.01. The van der Waals surface area contributed by atoms with Crippen LogP contribution in [0.1, 0.15) is 24.5 Å². The standard InChI is InChI=1S/C21H23P.Cu/c1-16-4-10-19(11-5-16)22(20-12-6-17(2)7-13-20)21-14-8-18(3)9-15-21;/h4-14,21H,15H2,1-3H3;. The second-order valence-corrected chi connectivity index (χ2v) is 8.59. The summed E-state index contributed by atoms with van der Waals surface area (Å²) in [5, 5.41) is 2.96. The van der Waals surface area contributed by atoms with Crippen LogP contribution in [-0.4, -0.2) is 5.66 Å². The van der Waals surface area contributed by atoms with Crippen LogP contribution in [0, 0.1) is 13.8 Å². The van der Waals surface area contributed by atoms with Crippen molar-refractivity contribution in [1.29, 1.82) is 0 Å². The zero-order chi connectivity index (χ0) is 15.5. The zero-order valence-electron chi connectivity index (χ0n) is 13.9. The molecule has 0 fully saturated rings. The van der Waals surface area contributed by atoms with Gasteiger partial charge in [0.2, 0.25) is 0 Å². The zero-order valence-corrected chi connectivity index (χ0v) is 15.7. The van der Waals surface area contributed by atoms with Crippen LogP contribution in [0.25, 0.3) is 0 Å². The van der Waals surface area contributed by atoms with Crippen LogP contribution in [0.4, 0.5) is 0 Å². The van der Waals surface area contributed by atoms with Crippen molar-refractivity contribution >= 4 is 18.5 Å². The number of rotatable bonds is 3. The Labute approximate surface area is 151 Å². The van der Waals surface area contributed by atoms with Crippen molar-refractivity contribution in [2.75, 3.05) is 0 Å². The first kappa shape index (κ1) is 18.2. The first-order chi connectivity index (χ1) is 10.6. The van der Waals surface area contributed by atoms with Gasteiger partial charge >= 0.3 is 0 Å². The fourth-order valence-electron chi connectivity index (χ4n) is 2.85. The van der Waals surface area contributed by atoms with Gasteiger partial charge in [-0.1, -0.05) is 83.5 Å². The maximum atomic E-state index is 2.42. The minimum atomic E-state index is -0.344. The van der Waals surface area contributed by atoms with E-state index in [4.69, 9.17) is 0 Å². The van der Waals surface area contributed by atoms with Gasteiger partial charge in [-0.25, -0.2) is 0 Å². The van der Waals surface area contributed by atoms with Crippen LogP contribution >= 0.6 is 7.92 Å². The van der Waals surface area contributed by atoms with Crippen LogP contribution in [0.3, 0.4) is 0 Å². The summed E-state index contributed by atoms with van der Waals surface area (Å²) in [6, 6.07) is 18.2. The molecular formula is C21H23CuP. The Morgan fingerprint density at radius 2 is 1.26 bits per heavy atom. The third-order valence-corrected chi connectivity index (χ3v) is 6.97. The smallest absolute Gasteiger partial charge is 0.00885 e. The first-order valence-electron chi connectivity index (χ1n) is 7.91. The van der Waals surface area contributed by atoms with Crippen molar-refractivity contribution in [2.24, 2.45) is 0 Å². The molecule has 3 rings (SSSR count). The summed E-state index contributed by atoms with van der Waals surface area (Å²) >= 11 is 0. The van der Waals surface area contributed by atoms with E-state index in [1.165, 1.54) is 27.3 Å². The molecule has 1 aliphatic rings. The van der Waals surface area contributed by atoms with Crippen LogP contribution in [-0.2, 0) is 17.1 Å². The van der Waals surface area contributed by atoms with Crippen molar-refractivity contribution in [3.05, 3.63) is 83.5 Å². The first-order valence-corrected chi connectivity index (χ1v) is 9.32. The molecule has 1 radical (unpaired) electrons. The Morgan fingerprint density at radius 1 is 0.783 bits per heavy atom. The normalized spacial score (nSPS) is 16.9. The Morgan fingerprint density at radius 3 is 1.65 bits per heavy atom. The summed E-state index contributed by atoms with van der Waals surface area (Å²) in [4.78, 5) is 0. The topological polar surface area (TPSA) is 0 Å². The third-order valence-electron chi connectivity index (χ3n) is 4.22. The van der Waals surface area contributed by atoms with E-state index in [0.29, 0.717) is 5.66 Å². The van der Waals surface area contributed by atoms with Gasteiger partial charge in [-0.2, -0.15) is 0 Å². The average molecular weight is 370 g/mol. The second kappa shape index (κ2) is 8.11. The maximum absolute atomic E-state index is 2.42. The molecule has 123 valence electrons. The van der Waals surface area contributed by atoms with Crippen molar-refractivity contribution in [1.82, 2.24) is 0 Å². The molecule has 0 bridgehead atoms. The summed E-state index contributed by atoms with van der Waals surface area (Å²) in [6.45, 7) is 6.50. The molecule has 0 saturated heterocycles. The largest absolute Gasteiger partial charge is 0.0806 e. The van der Waals surface area contributed by atoms with E-state index >= 15 is 0 Å². The molecule has 0 spiro atoms. The van der Waals surface area contributed by atoms with Crippen LogP contribution in [0.2, 0.25) is 0 Å². The number of benzene rings is 2. The number of aryl methyl sites for hydroxylation is 2. The summed E-state index contributed by atoms with van der Waals surface area (Å²) in [5.41, 5.74) is 4.65. The number of hydrogen-bond acceptors (Lipinski definition) is 0. The molecule has 0 aliphatic heterocycles. The third kappa shape index (κ3) is 4.45. The minimum Gasteiger partial charge on any atom is -0.0806 e. The van der Waals surface area contributed by atoms with Gasteiger partial charge in [0, 0.05) is 22.7 Å². The quantitative estimate of drug-likeness (QED) is 0.527. The van der Waals surface area contributed by atoms with E-state index in [0.717, 1.165) is 6.42 Å². The molecule has 2 aromatic carbocycles. The van der Waals surface area contributed by atoms with Crippen LogP contribution in [0.5, 0.6) is 0 Å². The molecule has 1 aliphatic carbocycles. The predicted molar refractivity (Wildman–Crippen MR) is 99.8 cm³/mol. The Balaban J connectivity index is 0.00000192. The van der Waals surface area contributed by atoms with E-state index in [1.807, 2.05) is 0 Å². The van der Waals surface area contributed by atoms with Gasteiger partial charge in [0.25, 0.3) is 0 Å². The minimum absolute atomic E-state index is 0. The van der Waals surface area contributed by atoms with E-state index in [2.05, 4.69) is 87.5 Å². The van der Waals surface area contributed by atoms with Gasteiger partial charge in [0.15, 0.2) is 0 Å². The Kier molecular flexibility index (Phi) is 6.42. The summed E-state index contributed by atoms with van der Waals surface area (Å²) in [7, 11) is -0.344. The van der Waals surface area contributed by atoms with Crippen LogP contribution < -0.4 is 10.6 Å². The van der Waals surface area contributed by atoms with E-state index in [9.17, 15) is 0 Å². The van der Waals surface area contributed by atoms with Crippen molar-refractivity contribution < 1.29 is 17.1 Å². The summed E-state index contributed by atoms with van der Waals surface area (Å²) in [5.74, 6) is 0. The van der Waals surface area contributed by atoms with E-state index < -0.39 is 0 Å². The van der Waals surface area contributed by atoms with Gasteiger partial charge < -0.3 is 0 Å². The summed E-state index contributed by atoms with van der Waals surface area (Å²) < 4.78 is 0. The summed E-state index contributed by atoms with van der Waals surface area (Å²) in [6.07, 6.45) is 8.23. The molecule has 0 amide bonds. The SMILES string of the molecule is CC1=CCC(P(c2ccc(C)cc2)c2ccc(C)cc2)C=C1.[Cu]. The van der Waals surface area contributed by atoms with Gasteiger partial charge in [0.05, 0.1) is 0 Å². The number of allylic oxidation sites excluding steroid dienone is 4. The molecule has 1 atom stereocenters. The second-order valence-electron chi connectivity index (χ2n) is 6.15. The van der Waals surface area contributed by atoms with Crippen molar-refractivity contribution in [3.63, 3.8) is 0 Å². The molecule has 0 saturated carbocycles. The maximum Gasteiger partial charge on any atom is 0.00885 e. The number of hydrogen-bond donors (Lipinski definition) is 0. The molecule has 0 heterocycles. The van der Waals surface area contributed by atoms with Gasteiger partial charge in [-0.05, 0) is 45.7 Å². The van der Waals surface area contributed by atoms with Crippen molar-refractivity contribution in [2.45, 2.75) is 32.9 Å². The fourth-order valence-corrected chi connectivity index (χ4v) is 5.43. The molecule has 1 unspecified atom stereocenters. The Bertz CT molecular complexity index is 650. The molecule has 0 aromatic heterocycles. The van der Waals surface area contributed by atoms with Crippen molar-refractivity contribution in [3.8, 4) is 0 Å². The monoisotopic (exact) mass is 369 g/mol. The fraction of sp³-hybridized carbons (Fsp3) is 0.238. The van der Waals surface area contributed by atoms with Gasteiger partial charge in [-0.15, -0.1) is 0 Å². The molecule has 0 N–H and O–H groups in total. The van der Waals surface area contributed by atoms with Crippen LogP contribution in [0.15, 0.2) is 72.3 Å².